The second-order valence-electron chi connectivity index (χ2n) is 3.06. The van der Waals surface area contributed by atoms with Gasteiger partial charge in [0.05, 0.1) is 25.3 Å². The maximum absolute atomic E-state index is 12.6. The van der Waals surface area contributed by atoms with E-state index in [2.05, 4.69) is 0 Å². The molecule has 0 fully saturated rings. The van der Waals surface area contributed by atoms with E-state index in [0.29, 0.717) is 5.56 Å². The van der Waals surface area contributed by atoms with E-state index in [1.165, 1.54) is 19.2 Å². The first-order chi connectivity index (χ1) is 7.11. The highest BCUT2D eigenvalue weighted by Crippen LogP contribution is 2.34. The molecule has 0 aliphatic heterocycles. The van der Waals surface area contributed by atoms with Crippen LogP contribution in [0.2, 0.25) is 0 Å². The third-order valence-electron chi connectivity index (χ3n) is 2.11. The molecule has 0 heterocycles. The highest BCUT2D eigenvalue weighted by molar-refractivity contribution is 5.44. The van der Waals surface area contributed by atoms with Crippen molar-refractivity contribution in [2.75, 3.05) is 13.7 Å². The largest absolute Gasteiger partial charge is 0.496 e. The van der Waals surface area contributed by atoms with Gasteiger partial charge in [-0.15, -0.1) is 0 Å². The molecule has 0 aliphatic rings. The summed E-state index contributed by atoms with van der Waals surface area (Å²) in [4.78, 5) is 0. The quantitative estimate of drug-likeness (QED) is 0.805. The topological polar surface area (TPSA) is 55.5 Å². The number of ether oxygens (including phenoxy) is 1. The standard InChI is InChI=1S/C10H13F2NO2/c1-15-9-6(8(13)5-14)3-2-4-7(9)10(11)12/h2-4,8,10,14H,5,13H2,1H3. The molecule has 3 nitrogen and oxygen atoms in total. The first-order valence-corrected chi connectivity index (χ1v) is 4.43. The molecule has 0 aromatic heterocycles. The molecule has 15 heavy (non-hydrogen) atoms. The molecule has 0 bridgehead atoms. The summed E-state index contributed by atoms with van der Waals surface area (Å²) in [7, 11) is 1.30. The Morgan fingerprint density at radius 3 is 2.47 bits per heavy atom. The first-order valence-electron chi connectivity index (χ1n) is 4.43. The van der Waals surface area contributed by atoms with Crippen LogP contribution in [0.15, 0.2) is 18.2 Å². The SMILES string of the molecule is COc1c(C(F)F)cccc1C(N)CO. The lowest BCUT2D eigenvalue weighted by Crippen LogP contribution is -2.16. The van der Waals surface area contributed by atoms with Gasteiger partial charge in [-0.2, -0.15) is 0 Å². The predicted octanol–water partition coefficient (Wildman–Crippen LogP) is 1.62. The van der Waals surface area contributed by atoms with Gasteiger partial charge >= 0.3 is 0 Å². The average molecular weight is 217 g/mol. The lowest BCUT2D eigenvalue weighted by Gasteiger charge is -2.16. The van der Waals surface area contributed by atoms with Crippen LogP contribution in [0.25, 0.3) is 0 Å². The molecule has 84 valence electrons. The van der Waals surface area contributed by atoms with Gasteiger partial charge in [-0.05, 0) is 6.07 Å². The van der Waals surface area contributed by atoms with Gasteiger partial charge in [-0.3, -0.25) is 0 Å². The lowest BCUT2D eigenvalue weighted by molar-refractivity contribution is 0.146. The highest BCUT2D eigenvalue weighted by atomic mass is 19.3. The number of para-hydroxylation sites is 1. The van der Waals surface area contributed by atoms with Crippen molar-refractivity contribution in [1.29, 1.82) is 0 Å². The Morgan fingerprint density at radius 2 is 2.00 bits per heavy atom. The summed E-state index contributed by atoms with van der Waals surface area (Å²) in [6.07, 6.45) is -2.62. The van der Waals surface area contributed by atoms with E-state index in [-0.39, 0.29) is 17.9 Å². The van der Waals surface area contributed by atoms with Crippen molar-refractivity contribution >= 4 is 0 Å². The summed E-state index contributed by atoms with van der Waals surface area (Å²) in [5, 5.41) is 8.87. The van der Waals surface area contributed by atoms with Crippen LogP contribution in [0.4, 0.5) is 8.78 Å². The van der Waals surface area contributed by atoms with E-state index in [4.69, 9.17) is 15.6 Å². The Morgan fingerprint density at radius 1 is 1.40 bits per heavy atom. The van der Waals surface area contributed by atoms with E-state index in [1.54, 1.807) is 6.07 Å². The number of alkyl halides is 2. The zero-order valence-corrected chi connectivity index (χ0v) is 8.28. The molecule has 0 amide bonds. The zero-order valence-electron chi connectivity index (χ0n) is 8.28. The van der Waals surface area contributed by atoms with Gasteiger partial charge in [-0.25, -0.2) is 8.78 Å². The van der Waals surface area contributed by atoms with Crippen LogP contribution in [0.1, 0.15) is 23.6 Å². The summed E-state index contributed by atoms with van der Waals surface area (Å²) >= 11 is 0. The molecular weight excluding hydrogens is 204 g/mol. The van der Waals surface area contributed by atoms with Gasteiger partial charge < -0.3 is 15.6 Å². The molecule has 1 unspecified atom stereocenters. The number of aliphatic hydroxyl groups is 1. The van der Waals surface area contributed by atoms with Crippen LogP contribution in [0.3, 0.4) is 0 Å². The normalized spacial score (nSPS) is 12.9. The summed E-state index contributed by atoms with van der Waals surface area (Å²) in [5.41, 5.74) is 5.74. The van der Waals surface area contributed by atoms with E-state index in [0.717, 1.165) is 0 Å². The molecular formula is C10H13F2NO2. The number of methoxy groups -OCH3 is 1. The molecule has 0 aliphatic carbocycles. The molecule has 1 aromatic carbocycles. The smallest absolute Gasteiger partial charge is 0.267 e. The summed E-state index contributed by atoms with van der Waals surface area (Å²) in [6, 6.07) is 3.59. The third kappa shape index (κ3) is 2.43. The zero-order chi connectivity index (χ0) is 11.4. The summed E-state index contributed by atoms with van der Waals surface area (Å²) in [5.74, 6) is 0.0500. The lowest BCUT2D eigenvalue weighted by atomic mass is 10.0. The minimum absolute atomic E-state index is 0.0500. The molecule has 0 saturated carbocycles. The highest BCUT2D eigenvalue weighted by Gasteiger charge is 2.19. The Hall–Kier alpha value is -1.20. The molecule has 0 radical (unpaired) electrons. The fourth-order valence-electron chi connectivity index (χ4n) is 1.37. The Balaban J connectivity index is 3.22. The minimum Gasteiger partial charge on any atom is -0.496 e. The van der Waals surface area contributed by atoms with Crippen molar-refractivity contribution < 1.29 is 18.6 Å². The number of aliphatic hydroxyl groups excluding tert-OH is 1. The summed E-state index contributed by atoms with van der Waals surface area (Å²) < 4.78 is 30.0. The van der Waals surface area contributed by atoms with Crippen molar-refractivity contribution in [1.82, 2.24) is 0 Å². The van der Waals surface area contributed by atoms with Crippen molar-refractivity contribution in [3.8, 4) is 5.75 Å². The Kier molecular flexibility index (Phi) is 3.99. The van der Waals surface area contributed by atoms with Crippen LogP contribution < -0.4 is 10.5 Å². The van der Waals surface area contributed by atoms with Crippen LogP contribution >= 0.6 is 0 Å². The van der Waals surface area contributed by atoms with Crippen molar-refractivity contribution in [3.63, 3.8) is 0 Å². The maximum Gasteiger partial charge on any atom is 0.267 e. The van der Waals surface area contributed by atoms with Crippen molar-refractivity contribution in [3.05, 3.63) is 29.3 Å². The van der Waals surface area contributed by atoms with Gasteiger partial charge in [0.15, 0.2) is 0 Å². The molecule has 1 rings (SSSR count). The Labute approximate surface area is 86.5 Å². The van der Waals surface area contributed by atoms with Gasteiger partial charge in [0.25, 0.3) is 6.43 Å². The fraction of sp³-hybridized carbons (Fsp3) is 0.400. The summed E-state index contributed by atoms with van der Waals surface area (Å²) in [6.45, 7) is -0.316. The first kappa shape index (κ1) is 11.9. The van der Waals surface area contributed by atoms with Gasteiger partial charge in [0.1, 0.15) is 5.75 Å². The third-order valence-corrected chi connectivity index (χ3v) is 2.11. The second kappa shape index (κ2) is 5.04. The average Bonchev–Trinajstić information content (AvgIpc) is 2.26. The molecule has 1 atom stereocenters. The number of benzene rings is 1. The number of hydrogen-bond acceptors (Lipinski definition) is 3. The van der Waals surface area contributed by atoms with Gasteiger partial charge in [-0.1, -0.05) is 12.1 Å². The van der Waals surface area contributed by atoms with Crippen LogP contribution in [-0.4, -0.2) is 18.8 Å². The van der Waals surface area contributed by atoms with Gasteiger partial charge in [0, 0.05) is 5.56 Å². The van der Waals surface area contributed by atoms with Crippen molar-refractivity contribution in [2.45, 2.75) is 12.5 Å². The second-order valence-corrected chi connectivity index (χ2v) is 3.06. The van der Waals surface area contributed by atoms with E-state index in [9.17, 15) is 8.78 Å². The molecule has 1 aromatic rings. The molecule has 3 N–H and O–H groups in total. The van der Waals surface area contributed by atoms with E-state index >= 15 is 0 Å². The number of nitrogens with two attached hydrogens (primary N) is 1. The minimum atomic E-state index is -2.62. The van der Waals surface area contributed by atoms with Crippen LogP contribution in [0, 0.1) is 0 Å². The molecule has 0 spiro atoms. The predicted molar refractivity (Wildman–Crippen MR) is 52.0 cm³/mol. The van der Waals surface area contributed by atoms with E-state index < -0.39 is 12.5 Å². The molecule has 5 heteroatoms. The van der Waals surface area contributed by atoms with Gasteiger partial charge in [0.2, 0.25) is 0 Å². The number of halogens is 2. The van der Waals surface area contributed by atoms with E-state index in [1.807, 2.05) is 0 Å². The monoisotopic (exact) mass is 217 g/mol. The number of hydrogen-bond donors (Lipinski definition) is 2. The Bertz CT molecular complexity index is 331. The fourth-order valence-corrected chi connectivity index (χ4v) is 1.37. The maximum atomic E-state index is 12.6. The van der Waals surface area contributed by atoms with Crippen LogP contribution in [0.5, 0.6) is 5.75 Å². The van der Waals surface area contributed by atoms with Crippen LogP contribution in [-0.2, 0) is 0 Å². The number of rotatable bonds is 4. The van der Waals surface area contributed by atoms with Crippen molar-refractivity contribution in [2.24, 2.45) is 5.73 Å². The molecule has 0 saturated heterocycles.